The maximum absolute atomic E-state index is 10.7. The van der Waals surface area contributed by atoms with Gasteiger partial charge in [0.2, 0.25) is 0 Å². The molecule has 0 rings (SSSR count). The lowest BCUT2D eigenvalue weighted by Gasteiger charge is -2.14. The van der Waals surface area contributed by atoms with E-state index in [0.717, 1.165) is 6.42 Å². The van der Waals surface area contributed by atoms with Crippen LogP contribution in [0, 0.1) is 0 Å². The van der Waals surface area contributed by atoms with E-state index < -0.39 is 18.1 Å². The van der Waals surface area contributed by atoms with Crippen LogP contribution in [0.3, 0.4) is 0 Å². The summed E-state index contributed by atoms with van der Waals surface area (Å²) >= 11 is 0. The van der Waals surface area contributed by atoms with Crippen molar-refractivity contribution in [2.75, 3.05) is 7.11 Å². The molecule has 0 radical (unpaired) electrons. The smallest absolute Gasteiger partial charge is 0.325 e. The van der Waals surface area contributed by atoms with Crippen LogP contribution >= 0.6 is 0 Å². The molecule has 0 unspecified atom stereocenters. The second-order valence-corrected chi connectivity index (χ2v) is 2.40. The second-order valence-electron chi connectivity index (χ2n) is 2.40. The molecule has 0 aliphatic carbocycles. The van der Waals surface area contributed by atoms with Gasteiger partial charge in [-0.1, -0.05) is 13.3 Å². The van der Waals surface area contributed by atoms with Crippen molar-refractivity contribution in [1.29, 1.82) is 0 Å². The summed E-state index contributed by atoms with van der Waals surface area (Å²) < 4.78 is 4.36. The van der Waals surface area contributed by atoms with E-state index in [9.17, 15) is 9.90 Å². The molecule has 4 heteroatoms. The Bertz CT molecular complexity index is 127. The molecule has 0 spiro atoms. The number of methoxy groups -OCH3 is 1. The molecule has 11 heavy (non-hydrogen) atoms. The Balaban J connectivity index is 3.80. The van der Waals surface area contributed by atoms with Gasteiger partial charge in [0.1, 0.15) is 6.04 Å². The van der Waals surface area contributed by atoms with Gasteiger partial charge in [0.15, 0.2) is 0 Å². The minimum Gasteiger partial charge on any atom is -0.468 e. The van der Waals surface area contributed by atoms with Crippen molar-refractivity contribution < 1.29 is 14.6 Å². The molecule has 0 amide bonds. The van der Waals surface area contributed by atoms with Gasteiger partial charge in [-0.15, -0.1) is 0 Å². The minimum atomic E-state index is -0.903. The van der Waals surface area contributed by atoms with Crippen LogP contribution < -0.4 is 5.73 Å². The van der Waals surface area contributed by atoms with Crippen LogP contribution in [0.5, 0.6) is 0 Å². The van der Waals surface area contributed by atoms with Crippen LogP contribution in [0.2, 0.25) is 0 Å². The maximum Gasteiger partial charge on any atom is 0.325 e. The van der Waals surface area contributed by atoms with E-state index in [1.54, 1.807) is 0 Å². The Labute approximate surface area is 66.3 Å². The zero-order chi connectivity index (χ0) is 8.85. The largest absolute Gasteiger partial charge is 0.468 e. The van der Waals surface area contributed by atoms with Crippen LogP contribution in [0.15, 0.2) is 0 Å². The molecule has 0 heterocycles. The Hall–Kier alpha value is -0.610. The Morgan fingerprint density at radius 2 is 2.27 bits per heavy atom. The van der Waals surface area contributed by atoms with E-state index in [-0.39, 0.29) is 0 Å². The molecule has 2 atom stereocenters. The van der Waals surface area contributed by atoms with Crippen molar-refractivity contribution in [3.63, 3.8) is 0 Å². The van der Waals surface area contributed by atoms with Gasteiger partial charge >= 0.3 is 5.97 Å². The number of hydrogen-bond acceptors (Lipinski definition) is 4. The highest BCUT2D eigenvalue weighted by atomic mass is 16.5. The fourth-order valence-corrected chi connectivity index (χ4v) is 0.768. The first-order valence-corrected chi connectivity index (χ1v) is 3.65. The highest BCUT2D eigenvalue weighted by Gasteiger charge is 2.21. The van der Waals surface area contributed by atoms with Crippen molar-refractivity contribution >= 4 is 5.97 Å². The summed E-state index contributed by atoms with van der Waals surface area (Å²) in [6.45, 7) is 1.91. The summed E-state index contributed by atoms with van der Waals surface area (Å²) in [7, 11) is 1.25. The highest BCUT2D eigenvalue weighted by molar-refractivity contribution is 5.75. The zero-order valence-electron chi connectivity index (χ0n) is 6.91. The van der Waals surface area contributed by atoms with Gasteiger partial charge in [0.05, 0.1) is 13.2 Å². The summed E-state index contributed by atoms with van der Waals surface area (Å²) in [6.07, 6.45) is 0.537. The van der Waals surface area contributed by atoms with E-state index in [0.29, 0.717) is 6.42 Å². The molecule has 66 valence electrons. The third kappa shape index (κ3) is 3.34. The molecule has 0 saturated carbocycles. The Morgan fingerprint density at radius 1 is 1.73 bits per heavy atom. The number of esters is 1. The van der Waals surface area contributed by atoms with Gasteiger partial charge in [0.25, 0.3) is 0 Å². The first kappa shape index (κ1) is 10.4. The lowest BCUT2D eigenvalue weighted by Crippen LogP contribution is -2.42. The quantitative estimate of drug-likeness (QED) is 0.553. The first-order chi connectivity index (χ1) is 5.13. The van der Waals surface area contributed by atoms with Crippen molar-refractivity contribution in [3.05, 3.63) is 0 Å². The standard InChI is InChI=1S/C7H15NO3/c1-3-4-5(9)6(8)7(10)11-2/h5-6,9H,3-4,8H2,1-2H3/t5-,6+/m0/s1. The minimum absolute atomic E-state index is 0.524. The Morgan fingerprint density at radius 3 is 2.64 bits per heavy atom. The average molecular weight is 161 g/mol. The van der Waals surface area contributed by atoms with E-state index in [1.165, 1.54) is 7.11 Å². The number of carbonyl (C=O) groups is 1. The molecule has 4 nitrogen and oxygen atoms in total. The van der Waals surface area contributed by atoms with Crippen molar-refractivity contribution in [2.45, 2.75) is 31.9 Å². The third-order valence-corrected chi connectivity index (χ3v) is 1.47. The number of carbonyl (C=O) groups excluding carboxylic acids is 1. The van der Waals surface area contributed by atoms with E-state index in [4.69, 9.17) is 5.73 Å². The summed E-state index contributed by atoms with van der Waals surface area (Å²) in [5, 5.41) is 9.19. The normalized spacial score (nSPS) is 15.6. The van der Waals surface area contributed by atoms with Crippen LogP contribution in [-0.4, -0.2) is 30.3 Å². The molecule has 0 bridgehead atoms. The number of nitrogens with two attached hydrogens (primary N) is 1. The molecular formula is C7H15NO3. The third-order valence-electron chi connectivity index (χ3n) is 1.47. The van der Waals surface area contributed by atoms with E-state index in [1.807, 2.05) is 6.92 Å². The van der Waals surface area contributed by atoms with Crippen molar-refractivity contribution in [3.8, 4) is 0 Å². The van der Waals surface area contributed by atoms with Crippen LogP contribution in [0.1, 0.15) is 19.8 Å². The van der Waals surface area contributed by atoms with Crippen LogP contribution in [-0.2, 0) is 9.53 Å². The van der Waals surface area contributed by atoms with Gasteiger partial charge in [-0.25, -0.2) is 0 Å². The van der Waals surface area contributed by atoms with Gasteiger partial charge in [-0.2, -0.15) is 0 Å². The van der Waals surface area contributed by atoms with Crippen molar-refractivity contribution in [1.82, 2.24) is 0 Å². The summed E-state index contributed by atoms with van der Waals surface area (Å²) in [4.78, 5) is 10.7. The number of aliphatic hydroxyl groups excluding tert-OH is 1. The molecule has 0 aromatic rings. The molecule has 0 aromatic heterocycles. The molecule has 3 N–H and O–H groups in total. The number of ether oxygens (including phenoxy) is 1. The maximum atomic E-state index is 10.7. The predicted molar refractivity (Wildman–Crippen MR) is 40.9 cm³/mol. The molecule has 0 aromatic carbocycles. The van der Waals surface area contributed by atoms with E-state index >= 15 is 0 Å². The van der Waals surface area contributed by atoms with Gasteiger partial charge in [0, 0.05) is 0 Å². The SMILES string of the molecule is CCC[C@H](O)[C@@H](N)C(=O)OC. The van der Waals surface area contributed by atoms with E-state index in [2.05, 4.69) is 4.74 Å². The predicted octanol–water partition coefficient (Wildman–Crippen LogP) is -0.352. The number of aliphatic hydroxyl groups is 1. The summed E-state index contributed by atoms with van der Waals surface area (Å²) in [6, 6.07) is -0.903. The first-order valence-electron chi connectivity index (χ1n) is 3.65. The zero-order valence-corrected chi connectivity index (χ0v) is 6.91. The highest BCUT2D eigenvalue weighted by Crippen LogP contribution is 2.00. The molecule has 0 saturated heterocycles. The van der Waals surface area contributed by atoms with Crippen LogP contribution in [0.4, 0.5) is 0 Å². The molecule has 0 aliphatic rings. The fourth-order valence-electron chi connectivity index (χ4n) is 0.768. The van der Waals surface area contributed by atoms with Crippen LogP contribution in [0.25, 0.3) is 0 Å². The monoisotopic (exact) mass is 161 g/mol. The fraction of sp³-hybridized carbons (Fsp3) is 0.857. The Kier molecular flexibility index (Phi) is 4.81. The number of rotatable bonds is 4. The average Bonchev–Trinajstić information content (AvgIpc) is 2.02. The lowest BCUT2D eigenvalue weighted by atomic mass is 10.1. The summed E-state index contributed by atoms with van der Waals surface area (Å²) in [5.41, 5.74) is 5.33. The molecular weight excluding hydrogens is 146 g/mol. The lowest BCUT2D eigenvalue weighted by molar-refractivity contribution is -0.144. The number of hydrogen-bond donors (Lipinski definition) is 2. The van der Waals surface area contributed by atoms with Gasteiger partial charge in [-0.05, 0) is 6.42 Å². The summed E-state index contributed by atoms with van der Waals surface area (Å²) in [5.74, 6) is -0.564. The van der Waals surface area contributed by atoms with Gasteiger partial charge < -0.3 is 15.6 Å². The molecule has 0 aliphatic heterocycles. The van der Waals surface area contributed by atoms with Crippen molar-refractivity contribution in [2.24, 2.45) is 5.73 Å². The second kappa shape index (κ2) is 5.09. The topological polar surface area (TPSA) is 72.5 Å². The molecule has 0 fully saturated rings. The van der Waals surface area contributed by atoms with Gasteiger partial charge in [-0.3, -0.25) is 4.79 Å².